The van der Waals surface area contributed by atoms with Crippen LogP contribution in [0.25, 0.3) is 93.9 Å². The second-order valence-electron chi connectivity index (χ2n) is 16.0. The highest BCUT2D eigenvalue weighted by Gasteiger charge is 2.24. The molecular formula is C60H40N2O. The molecule has 0 atom stereocenters. The van der Waals surface area contributed by atoms with Gasteiger partial charge in [0.05, 0.1) is 28.1 Å². The Bertz CT molecular complexity index is 3580. The normalized spacial score (nSPS) is 11.5. The predicted molar refractivity (Wildman–Crippen MR) is 264 cm³/mol. The Balaban J connectivity index is 1.07. The molecule has 10 aromatic carbocycles. The Labute approximate surface area is 366 Å². The van der Waals surface area contributed by atoms with Crippen molar-refractivity contribution in [3.63, 3.8) is 0 Å². The van der Waals surface area contributed by atoms with Crippen molar-refractivity contribution in [1.82, 2.24) is 4.57 Å². The molecule has 12 aromatic rings. The van der Waals surface area contributed by atoms with Crippen LogP contribution in [0.1, 0.15) is 0 Å². The Morgan fingerprint density at radius 3 is 1.51 bits per heavy atom. The molecule has 0 bridgehead atoms. The molecule has 12 rings (SSSR count). The standard InChI is InChI=1S/C60H40N2O/c1-2-18-42(19-3-1)45-20-4-5-21-46(45)47-22-6-7-23-48(47)49-24-8-12-28-54(49)61(44-37-34-41(35-38-44)43-36-39-60-53(40-43)52-27-11-17-33-59(52)63-60)57-31-15-16-32-58(57)62-55-29-13-9-25-50(55)51-26-10-14-30-56(51)62/h1-40H. The maximum atomic E-state index is 6.19. The van der Waals surface area contributed by atoms with E-state index in [0.717, 1.165) is 66.9 Å². The van der Waals surface area contributed by atoms with Gasteiger partial charge >= 0.3 is 0 Å². The zero-order valence-corrected chi connectivity index (χ0v) is 34.4. The molecule has 2 heterocycles. The summed E-state index contributed by atoms with van der Waals surface area (Å²) in [6, 6.07) is 87.3. The Morgan fingerprint density at radius 1 is 0.302 bits per heavy atom. The minimum atomic E-state index is 0.896. The third kappa shape index (κ3) is 6.21. The summed E-state index contributed by atoms with van der Waals surface area (Å²) in [6.07, 6.45) is 0. The van der Waals surface area contributed by atoms with E-state index in [2.05, 4.69) is 240 Å². The number of fused-ring (bicyclic) bond motifs is 6. The molecule has 3 nitrogen and oxygen atoms in total. The first-order valence-corrected chi connectivity index (χ1v) is 21.5. The number of furan rings is 1. The summed E-state index contributed by atoms with van der Waals surface area (Å²) in [5.41, 5.74) is 17.8. The molecular weight excluding hydrogens is 765 g/mol. The van der Waals surface area contributed by atoms with Gasteiger partial charge in [-0.3, -0.25) is 0 Å². The Kier molecular flexibility index (Phi) is 8.83. The van der Waals surface area contributed by atoms with Crippen molar-refractivity contribution >= 4 is 60.8 Å². The number of aromatic nitrogens is 1. The number of hydrogen-bond donors (Lipinski definition) is 0. The van der Waals surface area contributed by atoms with Gasteiger partial charge in [-0.15, -0.1) is 0 Å². The molecule has 0 saturated carbocycles. The lowest BCUT2D eigenvalue weighted by atomic mass is 9.88. The number of hydrogen-bond acceptors (Lipinski definition) is 2. The van der Waals surface area contributed by atoms with E-state index in [1.54, 1.807) is 0 Å². The topological polar surface area (TPSA) is 21.3 Å². The zero-order chi connectivity index (χ0) is 41.7. The van der Waals surface area contributed by atoms with E-state index < -0.39 is 0 Å². The van der Waals surface area contributed by atoms with Crippen LogP contribution in [0.3, 0.4) is 0 Å². The maximum Gasteiger partial charge on any atom is 0.135 e. The molecule has 0 spiro atoms. The first-order chi connectivity index (χ1) is 31.3. The van der Waals surface area contributed by atoms with E-state index in [1.807, 2.05) is 12.1 Å². The molecule has 0 aliphatic heterocycles. The third-order valence-corrected chi connectivity index (χ3v) is 12.4. The molecule has 63 heavy (non-hydrogen) atoms. The molecule has 0 N–H and O–H groups in total. The number of rotatable bonds is 8. The summed E-state index contributed by atoms with van der Waals surface area (Å²) in [6.45, 7) is 0. The van der Waals surface area contributed by atoms with Crippen molar-refractivity contribution in [2.75, 3.05) is 4.90 Å². The second kappa shape index (κ2) is 15.3. The molecule has 0 aliphatic carbocycles. The monoisotopic (exact) mass is 804 g/mol. The second-order valence-corrected chi connectivity index (χ2v) is 16.0. The zero-order valence-electron chi connectivity index (χ0n) is 34.4. The van der Waals surface area contributed by atoms with E-state index in [9.17, 15) is 0 Å². The van der Waals surface area contributed by atoms with Gasteiger partial charge in [-0.1, -0.05) is 182 Å². The summed E-state index contributed by atoms with van der Waals surface area (Å²) in [5.74, 6) is 0. The highest BCUT2D eigenvalue weighted by atomic mass is 16.3. The SMILES string of the molecule is c1ccc(-c2ccccc2-c2ccccc2-c2ccccc2N(c2ccc(-c3ccc4oc5ccccc5c4c3)cc2)c2ccccc2-n2c3ccccc3c3ccccc32)cc1. The average Bonchev–Trinajstić information content (AvgIpc) is 3.90. The van der Waals surface area contributed by atoms with Crippen LogP contribution in [-0.2, 0) is 0 Å². The molecule has 296 valence electrons. The number of anilines is 3. The molecule has 3 heteroatoms. The molecule has 0 unspecified atom stereocenters. The van der Waals surface area contributed by atoms with Crippen molar-refractivity contribution in [2.24, 2.45) is 0 Å². The summed E-state index contributed by atoms with van der Waals surface area (Å²) >= 11 is 0. The summed E-state index contributed by atoms with van der Waals surface area (Å²) in [7, 11) is 0. The van der Waals surface area contributed by atoms with Crippen molar-refractivity contribution in [2.45, 2.75) is 0 Å². The molecule has 0 amide bonds. The van der Waals surface area contributed by atoms with Crippen molar-refractivity contribution in [3.05, 3.63) is 243 Å². The van der Waals surface area contributed by atoms with E-state index in [-0.39, 0.29) is 0 Å². The van der Waals surface area contributed by atoms with Gasteiger partial charge in [-0.2, -0.15) is 0 Å². The van der Waals surface area contributed by atoms with Crippen molar-refractivity contribution in [3.8, 4) is 50.2 Å². The van der Waals surface area contributed by atoms with E-state index in [1.165, 1.54) is 44.1 Å². The fourth-order valence-corrected chi connectivity index (χ4v) is 9.58. The largest absolute Gasteiger partial charge is 0.456 e. The van der Waals surface area contributed by atoms with E-state index >= 15 is 0 Å². The lowest BCUT2D eigenvalue weighted by Gasteiger charge is -2.31. The fraction of sp³-hybridized carbons (Fsp3) is 0. The molecule has 0 saturated heterocycles. The third-order valence-electron chi connectivity index (χ3n) is 12.4. The van der Waals surface area contributed by atoms with E-state index in [0.29, 0.717) is 0 Å². The van der Waals surface area contributed by atoms with Crippen molar-refractivity contribution < 1.29 is 4.42 Å². The van der Waals surface area contributed by atoms with Crippen LogP contribution in [0.15, 0.2) is 247 Å². The first kappa shape index (κ1) is 36.5. The van der Waals surface area contributed by atoms with Crippen LogP contribution in [0.5, 0.6) is 0 Å². The molecule has 0 radical (unpaired) electrons. The minimum absolute atomic E-state index is 0.896. The number of benzene rings is 10. The Morgan fingerprint density at radius 2 is 0.794 bits per heavy atom. The van der Waals surface area contributed by atoms with Gasteiger partial charge in [0.15, 0.2) is 0 Å². The van der Waals surface area contributed by atoms with Crippen LogP contribution >= 0.6 is 0 Å². The summed E-state index contributed by atoms with van der Waals surface area (Å²) < 4.78 is 8.62. The van der Waals surface area contributed by atoms with Crippen LogP contribution in [0.2, 0.25) is 0 Å². The first-order valence-electron chi connectivity index (χ1n) is 21.5. The Hall–Kier alpha value is -8.40. The number of nitrogens with zero attached hydrogens (tertiary/aromatic N) is 2. The van der Waals surface area contributed by atoms with Gasteiger partial charge in [0, 0.05) is 32.8 Å². The maximum absolute atomic E-state index is 6.19. The predicted octanol–water partition coefficient (Wildman–Crippen LogP) is 16.8. The van der Waals surface area contributed by atoms with Gasteiger partial charge in [-0.25, -0.2) is 0 Å². The average molecular weight is 805 g/mol. The molecule has 2 aromatic heterocycles. The molecule has 0 aliphatic rings. The fourth-order valence-electron chi connectivity index (χ4n) is 9.58. The minimum Gasteiger partial charge on any atom is -0.456 e. The van der Waals surface area contributed by atoms with Crippen LogP contribution in [0.4, 0.5) is 17.1 Å². The molecule has 0 fully saturated rings. The summed E-state index contributed by atoms with van der Waals surface area (Å²) in [5, 5.41) is 4.71. The quantitative estimate of drug-likeness (QED) is 0.153. The van der Waals surface area contributed by atoms with Crippen LogP contribution in [0, 0.1) is 0 Å². The van der Waals surface area contributed by atoms with E-state index in [4.69, 9.17) is 4.42 Å². The van der Waals surface area contributed by atoms with Gasteiger partial charge in [0.2, 0.25) is 0 Å². The van der Waals surface area contributed by atoms with Gasteiger partial charge in [0.25, 0.3) is 0 Å². The van der Waals surface area contributed by atoms with Crippen LogP contribution in [-0.4, -0.2) is 4.57 Å². The summed E-state index contributed by atoms with van der Waals surface area (Å²) in [4.78, 5) is 2.45. The number of para-hydroxylation sites is 6. The van der Waals surface area contributed by atoms with Gasteiger partial charge in [-0.05, 0) is 99.6 Å². The highest BCUT2D eigenvalue weighted by Crippen LogP contribution is 2.48. The highest BCUT2D eigenvalue weighted by molar-refractivity contribution is 6.10. The van der Waals surface area contributed by atoms with Gasteiger partial charge in [0.1, 0.15) is 11.2 Å². The van der Waals surface area contributed by atoms with Crippen molar-refractivity contribution in [1.29, 1.82) is 0 Å². The lowest BCUT2D eigenvalue weighted by molar-refractivity contribution is 0.669. The smallest absolute Gasteiger partial charge is 0.135 e. The lowest BCUT2D eigenvalue weighted by Crippen LogP contribution is -2.14. The van der Waals surface area contributed by atoms with Crippen LogP contribution < -0.4 is 4.90 Å². The van der Waals surface area contributed by atoms with Gasteiger partial charge < -0.3 is 13.9 Å².